The van der Waals surface area contributed by atoms with Gasteiger partial charge in [-0.15, -0.1) is 0 Å². The van der Waals surface area contributed by atoms with Gasteiger partial charge in [0, 0.05) is 556 Å². The zero-order chi connectivity index (χ0) is 4.71. The molecule has 0 nitrogen and oxygen atoms in total. The Kier molecular flexibility index (Phi) is 1350. The van der Waals surface area contributed by atoms with Crippen molar-refractivity contribution < 1.29 is 589 Å². The van der Waals surface area contributed by atoms with Gasteiger partial charge in [-0.3, -0.25) is 0 Å². The number of hydrogen-bond acceptors (Lipinski definition) is 0. The van der Waals surface area contributed by atoms with Crippen LogP contribution in [-0.2, 0) is 589 Å². The van der Waals surface area contributed by atoms with Gasteiger partial charge in [-0.2, -0.15) is 13.8 Å². The molecular weight excluding hydrogens is 1700 g/mol. The summed E-state index contributed by atoms with van der Waals surface area (Å²) in [6, 6.07) is 0. The van der Waals surface area contributed by atoms with E-state index in [1.165, 1.54) is 0 Å². The molecule has 0 aliphatic rings. The third-order valence-corrected chi connectivity index (χ3v) is 0. The van der Waals surface area contributed by atoms with Crippen LogP contribution in [0.3, 0.4) is 0 Å². The predicted octanol–water partition coefficient (Wildman–Crippen LogP) is 3.56. The average molecular weight is 1720 g/mol. The van der Waals surface area contributed by atoms with E-state index in [0.29, 0.717) is 0 Å². The second-order valence-corrected chi connectivity index (χ2v) is 0.577. The Morgan fingerprint density at radius 1 is 0.308 bits per heavy atom. The predicted molar refractivity (Wildman–Crippen MR) is 46.2 cm³/mol. The first-order valence-electron chi connectivity index (χ1n) is 2.15. The minimum Gasteiger partial charge on any atom is -0.358 e. The van der Waals surface area contributed by atoms with Crippen LogP contribution in [-0.4, -0.2) is 0 Å². The summed E-state index contributed by atoms with van der Waals surface area (Å²) < 4.78 is 0. The fourth-order valence-corrected chi connectivity index (χ4v) is 0. The van der Waals surface area contributed by atoms with Crippen LogP contribution in [0.2, 0.25) is 0 Å². The molecule has 109 valence electrons. The van der Waals surface area contributed by atoms with Crippen molar-refractivity contribution in [1.82, 2.24) is 0 Å². The van der Waals surface area contributed by atoms with Gasteiger partial charge in [0.05, 0.1) is 0 Å². The van der Waals surface area contributed by atoms with Crippen molar-refractivity contribution in [2.24, 2.45) is 0 Å². The molecule has 0 unspecified atom stereocenters. The molecule has 26 heavy (non-hydrogen) atoms. The first-order chi connectivity index (χ1) is 2.41. The quantitative estimate of drug-likeness (QED) is 0.326. The second-order valence-electron chi connectivity index (χ2n) is 0.577. The van der Waals surface area contributed by atoms with Crippen molar-refractivity contribution in [2.75, 3.05) is 0 Å². The standard InChI is InChI=1S/C3H7.C2H6.3CH3.18Y/c1-3-2;1-2;;;;;;;;;;;;;;;;;;;;;/h3H,1-2H3;1-2H3;3*1H3;;;;;;;;;;;;;;;;;;/q-1;;3*-1;;;;;;;;;;;;;;;;;;+3. The van der Waals surface area contributed by atoms with Crippen LogP contribution in [0.5, 0.6) is 0 Å². The van der Waals surface area contributed by atoms with Gasteiger partial charge in [-0.25, -0.2) is 0 Å². The van der Waals surface area contributed by atoms with E-state index in [1.807, 2.05) is 34.1 Å². The van der Waals surface area contributed by atoms with Crippen molar-refractivity contribution in [3.05, 3.63) is 28.7 Å². The summed E-state index contributed by atoms with van der Waals surface area (Å²) in [7, 11) is 0. The van der Waals surface area contributed by atoms with Crippen LogP contribution in [0, 0.1) is 28.7 Å². The van der Waals surface area contributed by atoms with Crippen LogP contribution in [0.25, 0.3) is 0 Å². The maximum Gasteiger partial charge on any atom is 3.00 e. The van der Waals surface area contributed by atoms with E-state index in [1.54, 1.807) is 0 Å². The summed E-state index contributed by atoms with van der Waals surface area (Å²) in [6.07, 6.45) is 2.00. The van der Waals surface area contributed by atoms with Gasteiger partial charge in [-0.05, 0) is 0 Å². The van der Waals surface area contributed by atoms with Gasteiger partial charge in [0.25, 0.3) is 0 Å². The van der Waals surface area contributed by atoms with E-state index in [-0.39, 0.29) is 611 Å². The van der Waals surface area contributed by atoms with Gasteiger partial charge in [0.2, 0.25) is 0 Å². The Morgan fingerprint density at radius 3 is 0.308 bits per heavy atom. The molecule has 0 saturated heterocycles. The first kappa shape index (κ1) is 177. The Balaban J connectivity index is -0.000000000184. The van der Waals surface area contributed by atoms with E-state index in [2.05, 4.69) is 0 Å². The molecule has 0 fully saturated rings. The normalized spacial score (nSPS) is 0.923. The fraction of sp³-hybridized carbons (Fsp3) is 0.500. The van der Waals surface area contributed by atoms with E-state index >= 15 is 0 Å². The van der Waals surface area contributed by atoms with Crippen molar-refractivity contribution in [1.29, 1.82) is 0 Å². The molecule has 17 radical (unpaired) electrons. The maximum absolute atomic E-state index is 2.00. The summed E-state index contributed by atoms with van der Waals surface area (Å²) in [4.78, 5) is 0. The Hall–Kier alpha value is 19.9. The molecule has 0 bridgehead atoms. The molecule has 0 heterocycles. The summed E-state index contributed by atoms with van der Waals surface area (Å²) >= 11 is 0. The van der Waals surface area contributed by atoms with E-state index in [0.717, 1.165) is 0 Å². The molecule has 0 aromatic heterocycles. The molecule has 0 saturated carbocycles. The minimum absolute atomic E-state index is 0. The number of rotatable bonds is 0. The third kappa shape index (κ3) is 204. The second kappa shape index (κ2) is 198. The molecule has 0 rings (SSSR count). The third-order valence-electron chi connectivity index (χ3n) is 0. The SMILES string of the molecule is CC.C[CH-]C.[CH3-].[CH3-].[CH3-].[Y+3].[Y].[Y].[Y].[Y].[Y].[Y].[Y].[Y].[Y].[Y].[Y].[Y].[Y].[Y].[Y].[Y].[Y]. The van der Waals surface area contributed by atoms with Gasteiger partial charge in [0.1, 0.15) is 0 Å². The summed E-state index contributed by atoms with van der Waals surface area (Å²) in [6.45, 7) is 8.00. The van der Waals surface area contributed by atoms with E-state index in [9.17, 15) is 0 Å². The summed E-state index contributed by atoms with van der Waals surface area (Å²) in [5.41, 5.74) is 0. The van der Waals surface area contributed by atoms with Crippen LogP contribution in [0.15, 0.2) is 0 Å². The molecule has 0 atom stereocenters. The Labute approximate surface area is 622 Å². The molecule has 18 heteroatoms. The molecule has 0 N–H and O–H groups in total. The summed E-state index contributed by atoms with van der Waals surface area (Å²) in [5, 5.41) is 0. The fourth-order valence-electron chi connectivity index (χ4n) is 0. The molecular formula is C8H22Y18-. The van der Waals surface area contributed by atoms with Crippen LogP contribution >= 0.6 is 0 Å². The van der Waals surface area contributed by atoms with E-state index in [4.69, 9.17) is 0 Å². The van der Waals surface area contributed by atoms with E-state index < -0.39 is 0 Å². The van der Waals surface area contributed by atoms with Crippen molar-refractivity contribution in [3.63, 3.8) is 0 Å². The van der Waals surface area contributed by atoms with Gasteiger partial charge >= 0.3 is 32.7 Å². The summed E-state index contributed by atoms with van der Waals surface area (Å²) in [5.74, 6) is 0. The molecule has 0 spiro atoms. The maximum atomic E-state index is 2.00. The number of hydrogen-bond donors (Lipinski definition) is 0. The van der Waals surface area contributed by atoms with Crippen LogP contribution in [0.1, 0.15) is 27.7 Å². The smallest absolute Gasteiger partial charge is 0.358 e. The van der Waals surface area contributed by atoms with Gasteiger partial charge < -0.3 is 28.7 Å². The molecule has 0 aliphatic carbocycles. The zero-order valence-electron chi connectivity index (χ0n) is 18.0. The molecule has 0 aromatic rings. The minimum atomic E-state index is 0. The monoisotopic (exact) mass is 1720 g/mol. The molecule has 0 aliphatic heterocycles. The van der Waals surface area contributed by atoms with Crippen molar-refractivity contribution in [2.45, 2.75) is 27.7 Å². The topological polar surface area (TPSA) is 0 Å². The van der Waals surface area contributed by atoms with Crippen LogP contribution < -0.4 is 0 Å². The Bertz CT molecular complexity index is 23.2. The van der Waals surface area contributed by atoms with Crippen LogP contribution in [0.4, 0.5) is 0 Å². The van der Waals surface area contributed by atoms with Gasteiger partial charge in [0.15, 0.2) is 0 Å². The Morgan fingerprint density at radius 2 is 0.308 bits per heavy atom. The largest absolute Gasteiger partial charge is 3.00 e. The molecule has 0 amide bonds. The zero-order valence-corrected chi connectivity index (χ0v) is 69.1. The van der Waals surface area contributed by atoms with Crippen molar-refractivity contribution >= 4 is 0 Å². The van der Waals surface area contributed by atoms with Gasteiger partial charge in [-0.1, -0.05) is 13.8 Å². The first-order valence-corrected chi connectivity index (χ1v) is 2.15. The van der Waals surface area contributed by atoms with Crippen molar-refractivity contribution in [3.8, 4) is 0 Å². The molecule has 0 aromatic carbocycles. The average Bonchev–Trinajstić information content (AvgIpc) is 1.46.